The lowest BCUT2D eigenvalue weighted by molar-refractivity contribution is -0.105. The first kappa shape index (κ1) is 13.8. The maximum absolute atomic E-state index is 11.5. The van der Waals surface area contributed by atoms with Crippen LogP contribution < -0.4 is 5.32 Å². The number of esters is 1. The number of benzene rings is 2. The summed E-state index contributed by atoms with van der Waals surface area (Å²) in [4.78, 5) is 21.9. The molecular formula is C16H15NO3. The highest BCUT2D eigenvalue weighted by atomic mass is 16.5. The van der Waals surface area contributed by atoms with Crippen molar-refractivity contribution in [1.29, 1.82) is 0 Å². The molecule has 0 unspecified atom stereocenters. The van der Waals surface area contributed by atoms with Crippen LogP contribution in [0.5, 0.6) is 0 Å². The van der Waals surface area contributed by atoms with Crippen molar-refractivity contribution < 1.29 is 14.3 Å². The van der Waals surface area contributed by atoms with E-state index in [4.69, 9.17) is 4.74 Å². The third kappa shape index (κ3) is 3.23. The van der Waals surface area contributed by atoms with Crippen LogP contribution in [0.4, 0.5) is 5.69 Å². The molecule has 1 amide bonds. The Morgan fingerprint density at radius 3 is 2.10 bits per heavy atom. The molecule has 0 saturated heterocycles. The molecule has 0 heterocycles. The van der Waals surface area contributed by atoms with E-state index in [-0.39, 0.29) is 5.97 Å². The van der Waals surface area contributed by atoms with Gasteiger partial charge in [-0.15, -0.1) is 0 Å². The molecule has 0 radical (unpaired) electrons. The van der Waals surface area contributed by atoms with Gasteiger partial charge in [-0.3, -0.25) is 4.79 Å². The van der Waals surface area contributed by atoms with Crippen LogP contribution >= 0.6 is 0 Å². The van der Waals surface area contributed by atoms with Gasteiger partial charge < -0.3 is 10.1 Å². The van der Waals surface area contributed by atoms with E-state index in [2.05, 4.69) is 5.32 Å². The second-order valence-corrected chi connectivity index (χ2v) is 4.14. The number of hydrogen-bond donors (Lipinski definition) is 1. The first-order valence-electron chi connectivity index (χ1n) is 6.32. The summed E-state index contributed by atoms with van der Waals surface area (Å²) >= 11 is 0. The minimum atomic E-state index is -0.315. The van der Waals surface area contributed by atoms with Crippen molar-refractivity contribution in [2.45, 2.75) is 6.92 Å². The Bertz CT molecular complexity index is 588. The quantitative estimate of drug-likeness (QED) is 0.670. The number of ether oxygens (including phenoxy) is 1. The zero-order chi connectivity index (χ0) is 14.4. The molecule has 0 spiro atoms. The highest BCUT2D eigenvalue weighted by Gasteiger charge is 2.06. The fourth-order valence-electron chi connectivity index (χ4n) is 1.84. The number of anilines is 1. The Hall–Kier alpha value is -2.62. The van der Waals surface area contributed by atoms with Gasteiger partial charge >= 0.3 is 5.97 Å². The Kier molecular flexibility index (Phi) is 4.50. The van der Waals surface area contributed by atoms with Gasteiger partial charge in [0.05, 0.1) is 12.2 Å². The molecule has 0 fully saturated rings. The maximum Gasteiger partial charge on any atom is 0.338 e. The number of nitrogens with one attached hydrogen (secondary N) is 1. The Morgan fingerprint density at radius 2 is 1.60 bits per heavy atom. The van der Waals surface area contributed by atoms with Gasteiger partial charge in [0.1, 0.15) is 0 Å². The molecule has 2 aromatic rings. The van der Waals surface area contributed by atoms with Crippen molar-refractivity contribution in [1.82, 2.24) is 0 Å². The zero-order valence-electron chi connectivity index (χ0n) is 11.1. The van der Waals surface area contributed by atoms with Gasteiger partial charge in [-0.05, 0) is 42.3 Å². The van der Waals surface area contributed by atoms with Crippen molar-refractivity contribution in [3.63, 3.8) is 0 Å². The van der Waals surface area contributed by atoms with E-state index < -0.39 is 0 Å². The Balaban J connectivity index is 2.17. The van der Waals surface area contributed by atoms with Crippen LogP contribution in [0.2, 0.25) is 0 Å². The summed E-state index contributed by atoms with van der Waals surface area (Å²) in [6.07, 6.45) is 0.642. The van der Waals surface area contributed by atoms with Crippen LogP contribution in [0.1, 0.15) is 17.3 Å². The van der Waals surface area contributed by atoms with Crippen LogP contribution in [0.25, 0.3) is 11.1 Å². The lowest BCUT2D eigenvalue weighted by atomic mass is 10.0. The summed E-state index contributed by atoms with van der Waals surface area (Å²) in [7, 11) is 0. The minimum Gasteiger partial charge on any atom is -0.462 e. The van der Waals surface area contributed by atoms with E-state index in [9.17, 15) is 9.59 Å². The van der Waals surface area contributed by atoms with Gasteiger partial charge in [-0.25, -0.2) is 4.79 Å². The largest absolute Gasteiger partial charge is 0.462 e. The maximum atomic E-state index is 11.5. The van der Waals surface area contributed by atoms with Crippen LogP contribution in [0.15, 0.2) is 48.5 Å². The predicted molar refractivity (Wildman–Crippen MR) is 77.5 cm³/mol. The molecule has 4 nitrogen and oxygen atoms in total. The van der Waals surface area contributed by atoms with Crippen molar-refractivity contribution in [3.8, 4) is 11.1 Å². The van der Waals surface area contributed by atoms with Crippen LogP contribution in [-0.2, 0) is 9.53 Å². The molecular weight excluding hydrogens is 254 g/mol. The molecule has 0 saturated carbocycles. The Morgan fingerprint density at radius 1 is 1.05 bits per heavy atom. The zero-order valence-corrected chi connectivity index (χ0v) is 11.1. The number of amides is 1. The van der Waals surface area contributed by atoms with E-state index in [1.807, 2.05) is 36.4 Å². The smallest absolute Gasteiger partial charge is 0.338 e. The molecule has 2 rings (SSSR count). The van der Waals surface area contributed by atoms with Gasteiger partial charge in [-0.1, -0.05) is 24.3 Å². The molecule has 20 heavy (non-hydrogen) atoms. The summed E-state index contributed by atoms with van der Waals surface area (Å²) in [6, 6.07) is 14.7. The molecule has 0 aliphatic carbocycles. The van der Waals surface area contributed by atoms with Crippen molar-refractivity contribution in [3.05, 3.63) is 54.1 Å². The molecule has 4 heteroatoms. The van der Waals surface area contributed by atoms with E-state index in [0.717, 1.165) is 16.8 Å². The molecule has 0 bridgehead atoms. The fourth-order valence-corrected chi connectivity index (χ4v) is 1.84. The molecule has 0 atom stereocenters. The van der Waals surface area contributed by atoms with Crippen LogP contribution in [0, 0.1) is 0 Å². The van der Waals surface area contributed by atoms with E-state index in [0.29, 0.717) is 18.6 Å². The Labute approximate surface area is 117 Å². The van der Waals surface area contributed by atoms with Crippen LogP contribution in [-0.4, -0.2) is 19.0 Å². The highest BCUT2D eigenvalue weighted by molar-refractivity contribution is 5.90. The normalized spacial score (nSPS) is 9.85. The number of carbonyl (C=O) groups is 2. The standard InChI is InChI=1S/C16H15NO3/c1-2-20-16(19)14-5-3-12(4-6-14)13-7-9-15(10-8-13)17-11-18/h3-11H,2H2,1H3,(H,17,18). The first-order chi connectivity index (χ1) is 9.74. The molecule has 1 N–H and O–H groups in total. The summed E-state index contributed by atoms with van der Waals surface area (Å²) in [5.74, 6) is -0.315. The third-order valence-electron chi connectivity index (χ3n) is 2.84. The van der Waals surface area contributed by atoms with E-state index in [1.54, 1.807) is 19.1 Å². The van der Waals surface area contributed by atoms with Crippen molar-refractivity contribution >= 4 is 18.1 Å². The average Bonchev–Trinajstić information content (AvgIpc) is 2.49. The lowest BCUT2D eigenvalue weighted by Crippen LogP contribution is -2.03. The molecule has 0 aromatic heterocycles. The summed E-state index contributed by atoms with van der Waals surface area (Å²) in [6.45, 7) is 2.15. The van der Waals surface area contributed by atoms with E-state index >= 15 is 0 Å². The molecule has 2 aromatic carbocycles. The second kappa shape index (κ2) is 6.52. The molecule has 0 aliphatic rings. The summed E-state index contributed by atoms with van der Waals surface area (Å²) in [5, 5.41) is 2.58. The van der Waals surface area contributed by atoms with Gasteiger partial charge in [0.25, 0.3) is 0 Å². The highest BCUT2D eigenvalue weighted by Crippen LogP contribution is 2.22. The van der Waals surface area contributed by atoms with E-state index in [1.165, 1.54) is 0 Å². The lowest BCUT2D eigenvalue weighted by Gasteiger charge is -2.05. The average molecular weight is 269 g/mol. The molecule has 0 aliphatic heterocycles. The summed E-state index contributed by atoms with van der Waals surface area (Å²) < 4.78 is 4.94. The van der Waals surface area contributed by atoms with Crippen molar-refractivity contribution in [2.24, 2.45) is 0 Å². The monoisotopic (exact) mass is 269 g/mol. The van der Waals surface area contributed by atoms with Gasteiger partial charge in [0.2, 0.25) is 6.41 Å². The van der Waals surface area contributed by atoms with Gasteiger partial charge in [-0.2, -0.15) is 0 Å². The number of carbonyl (C=O) groups excluding carboxylic acids is 2. The predicted octanol–water partition coefficient (Wildman–Crippen LogP) is 3.10. The summed E-state index contributed by atoms with van der Waals surface area (Å²) in [5.41, 5.74) is 3.29. The molecule has 102 valence electrons. The van der Waals surface area contributed by atoms with Gasteiger partial charge in [0.15, 0.2) is 0 Å². The topological polar surface area (TPSA) is 55.4 Å². The number of rotatable bonds is 5. The minimum absolute atomic E-state index is 0.315. The second-order valence-electron chi connectivity index (χ2n) is 4.14. The van der Waals surface area contributed by atoms with Gasteiger partial charge in [0, 0.05) is 5.69 Å². The first-order valence-corrected chi connectivity index (χ1v) is 6.32. The number of hydrogen-bond acceptors (Lipinski definition) is 3. The SMILES string of the molecule is CCOC(=O)c1ccc(-c2ccc(NC=O)cc2)cc1. The van der Waals surface area contributed by atoms with Crippen molar-refractivity contribution in [2.75, 3.05) is 11.9 Å². The third-order valence-corrected chi connectivity index (χ3v) is 2.84. The fraction of sp³-hybridized carbons (Fsp3) is 0.125. The van der Waals surface area contributed by atoms with Crippen LogP contribution in [0.3, 0.4) is 0 Å².